The molecular weight excluding hydrogens is 437 g/mol. The summed E-state index contributed by atoms with van der Waals surface area (Å²) in [6.07, 6.45) is 0. The van der Waals surface area contributed by atoms with Gasteiger partial charge in [0.1, 0.15) is 0 Å². The summed E-state index contributed by atoms with van der Waals surface area (Å²) in [5, 5.41) is 6.79. The third-order valence-corrected chi connectivity index (χ3v) is 4.41. The van der Waals surface area contributed by atoms with Crippen molar-refractivity contribution in [1.82, 2.24) is 15.5 Å². The molecule has 1 fully saturated rings. The molecule has 0 aliphatic carbocycles. The molecule has 148 valence electrons. The summed E-state index contributed by atoms with van der Waals surface area (Å²) >= 11 is 0. The number of hydrogen-bond donors (Lipinski definition) is 2. The van der Waals surface area contributed by atoms with Crippen molar-refractivity contribution < 1.29 is 0 Å². The Morgan fingerprint density at radius 2 is 1.73 bits per heavy atom. The molecule has 2 N–H and O–H groups in total. The molecule has 0 saturated carbocycles. The van der Waals surface area contributed by atoms with Gasteiger partial charge in [0, 0.05) is 50.0 Å². The van der Waals surface area contributed by atoms with E-state index < -0.39 is 0 Å². The monoisotopic (exact) mass is 473 g/mol. The van der Waals surface area contributed by atoms with Gasteiger partial charge < -0.3 is 15.5 Å². The molecule has 5 nitrogen and oxygen atoms in total. The average molecular weight is 473 g/mol. The van der Waals surface area contributed by atoms with Gasteiger partial charge in [0.05, 0.1) is 6.54 Å². The van der Waals surface area contributed by atoms with E-state index in [2.05, 4.69) is 85.4 Å². The number of hydrogen-bond acceptors (Lipinski definition) is 3. The molecule has 1 aliphatic heterocycles. The molecule has 0 spiro atoms. The van der Waals surface area contributed by atoms with Crippen LogP contribution >= 0.6 is 24.0 Å². The van der Waals surface area contributed by atoms with Crippen molar-refractivity contribution in [2.45, 2.75) is 46.2 Å². The van der Waals surface area contributed by atoms with Crippen LogP contribution in [0.3, 0.4) is 0 Å². The summed E-state index contributed by atoms with van der Waals surface area (Å²) in [5.41, 5.74) is 1.35. The van der Waals surface area contributed by atoms with E-state index in [1.807, 2.05) is 0 Å². The molecule has 1 heterocycles. The summed E-state index contributed by atoms with van der Waals surface area (Å²) in [5.74, 6) is 0.907. The number of aliphatic imine (C=N–C) groups is 1. The van der Waals surface area contributed by atoms with E-state index in [9.17, 15) is 0 Å². The minimum Gasteiger partial charge on any atom is -0.369 e. The minimum atomic E-state index is 0. The predicted molar refractivity (Wildman–Crippen MR) is 124 cm³/mol. The maximum atomic E-state index is 4.79. The number of halogens is 1. The van der Waals surface area contributed by atoms with Crippen molar-refractivity contribution in [2.24, 2.45) is 4.99 Å². The van der Waals surface area contributed by atoms with E-state index in [-0.39, 0.29) is 29.5 Å². The number of anilines is 1. The van der Waals surface area contributed by atoms with Crippen molar-refractivity contribution in [3.05, 3.63) is 30.3 Å². The minimum absolute atomic E-state index is 0. The fourth-order valence-corrected chi connectivity index (χ4v) is 3.06. The van der Waals surface area contributed by atoms with Crippen LogP contribution in [-0.4, -0.2) is 61.7 Å². The van der Waals surface area contributed by atoms with Crippen molar-refractivity contribution in [3.63, 3.8) is 0 Å². The van der Waals surface area contributed by atoms with Gasteiger partial charge in [-0.1, -0.05) is 18.2 Å². The maximum absolute atomic E-state index is 4.79. The lowest BCUT2D eigenvalue weighted by atomic mass is 10.1. The fourth-order valence-electron chi connectivity index (χ4n) is 3.06. The fraction of sp³-hybridized carbons (Fsp3) is 0.650. The number of benzene rings is 1. The third kappa shape index (κ3) is 7.70. The Bertz CT molecular complexity index is 533. The molecule has 0 bridgehead atoms. The van der Waals surface area contributed by atoms with Crippen molar-refractivity contribution in [3.8, 4) is 0 Å². The van der Waals surface area contributed by atoms with Gasteiger partial charge >= 0.3 is 0 Å². The Hall–Kier alpha value is -1.02. The smallest absolute Gasteiger partial charge is 0.191 e. The van der Waals surface area contributed by atoms with Gasteiger partial charge in [0.15, 0.2) is 5.96 Å². The highest BCUT2D eigenvalue weighted by atomic mass is 127. The highest BCUT2D eigenvalue weighted by Crippen LogP contribution is 2.16. The quantitative estimate of drug-likeness (QED) is 0.392. The molecular formula is C20H36IN5. The van der Waals surface area contributed by atoms with Crippen LogP contribution in [0.4, 0.5) is 5.69 Å². The molecule has 0 amide bonds. The van der Waals surface area contributed by atoms with Gasteiger partial charge in [-0.25, -0.2) is 0 Å². The van der Waals surface area contributed by atoms with Gasteiger partial charge in [-0.2, -0.15) is 0 Å². The number of para-hydroxylation sites is 1. The average Bonchev–Trinajstić information content (AvgIpc) is 2.59. The molecule has 1 aromatic rings. The van der Waals surface area contributed by atoms with Gasteiger partial charge in [-0.05, 0) is 46.8 Å². The zero-order valence-electron chi connectivity index (χ0n) is 17.0. The van der Waals surface area contributed by atoms with Crippen molar-refractivity contribution in [1.29, 1.82) is 0 Å². The second-order valence-electron chi connectivity index (χ2n) is 7.80. The molecule has 6 heteroatoms. The summed E-state index contributed by atoms with van der Waals surface area (Å²) in [7, 11) is 0. The molecule has 1 unspecified atom stereocenters. The zero-order chi connectivity index (χ0) is 18.3. The number of rotatable bonds is 5. The van der Waals surface area contributed by atoms with E-state index in [0.29, 0.717) is 6.04 Å². The third-order valence-electron chi connectivity index (χ3n) is 4.41. The molecule has 0 aromatic heterocycles. The maximum Gasteiger partial charge on any atom is 0.191 e. The van der Waals surface area contributed by atoms with E-state index in [4.69, 9.17) is 4.99 Å². The lowest BCUT2D eigenvalue weighted by Gasteiger charge is -2.38. The second kappa shape index (κ2) is 11.0. The van der Waals surface area contributed by atoms with Crippen LogP contribution in [-0.2, 0) is 0 Å². The lowest BCUT2D eigenvalue weighted by molar-refractivity contribution is 0.201. The van der Waals surface area contributed by atoms with Gasteiger partial charge in [-0.3, -0.25) is 9.89 Å². The molecule has 26 heavy (non-hydrogen) atoms. The second-order valence-corrected chi connectivity index (χ2v) is 7.80. The first-order valence-electron chi connectivity index (χ1n) is 9.49. The van der Waals surface area contributed by atoms with E-state index in [1.54, 1.807) is 0 Å². The van der Waals surface area contributed by atoms with E-state index >= 15 is 0 Å². The first-order chi connectivity index (χ1) is 11.9. The summed E-state index contributed by atoms with van der Waals surface area (Å²) < 4.78 is 0. The summed E-state index contributed by atoms with van der Waals surface area (Å²) in [6.45, 7) is 16.9. The normalized spacial score (nSPS) is 17.4. The van der Waals surface area contributed by atoms with Crippen LogP contribution in [0.2, 0.25) is 0 Å². The molecule has 1 aromatic carbocycles. The largest absolute Gasteiger partial charge is 0.369 e. The van der Waals surface area contributed by atoms with Crippen LogP contribution in [0.5, 0.6) is 0 Å². The number of nitrogens with one attached hydrogen (secondary N) is 2. The lowest BCUT2D eigenvalue weighted by Crippen LogP contribution is -2.51. The predicted octanol–water partition coefficient (Wildman–Crippen LogP) is 3.17. The highest BCUT2D eigenvalue weighted by Gasteiger charge is 2.21. The SMILES string of the molecule is CCNC(=NCC(C)N1CCN(c2ccccc2)CC1)NC(C)(C)C.I. The Kier molecular flexibility index (Phi) is 9.71. The molecule has 1 atom stereocenters. The summed E-state index contributed by atoms with van der Waals surface area (Å²) in [6, 6.07) is 11.2. The van der Waals surface area contributed by atoms with E-state index in [0.717, 1.165) is 45.2 Å². The first kappa shape index (κ1) is 23.0. The molecule has 1 saturated heterocycles. The van der Waals surface area contributed by atoms with Crippen LogP contribution in [0.25, 0.3) is 0 Å². The van der Waals surface area contributed by atoms with Crippen molar-refractivity contribution >= 4 is 35.6 Å². The van der Waals surface area contributed by atoms with Gasteiger partial charge in [-0.15, -0.1) is 24.0 Å². The summed E-state index contributed by atoms with van der Waals surface area (Å²) in [4.78, 5) is 9.81. The van der Waals surface area contributed by atoms with Crippen molar-refractivity contribution in [2.75, 3.05) is 44.2 Å². The Morgan fingerprint density at radius 3 is 2.27 bits per heavy atom. The standard InChI is InChI=1S/C20H35N5.HI/c1-6-21-19(23-20(3,4)5)22-16-17(2)24-12-14-25(15-13-24)18-10-8-7-9-11-18;/h7-11,17H,6,12-16H2,1-5H3,(H2,21,22,23);1H. The first-order valence-corrected chi connectivity index (χ1v) is 9.49. The Morgan fingerprint density at radius 1 is 1.12 bits per heavy atom. The highest BCUT2D eigenvalue weighted by molar-refractivity contribution is 14.0. The number of guanidine groups is 1. The van der Waals surface area contributed by atoms with Gasteiger partial charge in [0.25, 0.3) is 0 Å². The van der Waals surface area contributed by atoms with Crippen LogP contribution in [0.1, 0.15) is 34.6 Å². The molecule has 2 rings (SSSR count). The number of nitrogens with zero attached hydrogens (tertiary/aromatic N) is 3. The van der Waals surface area contributed by atoms with Gasteiger partial charge in [0.2, 0.25) is 0 Å². The number of piperazine rings is 1. The van der Waals surface area contributed by atoms with Crippen LogP contribution in [0, 0.1) is 0 Å². The zero-order valence-corrected chi connectivity index (χ0v) is 19.3. The Balaban J connectivity index is 0.00000338. The van der Waals surface area contributed by atoms with E-state index in [1.165, 1.54) is 5.69 Å². The molecule has 1 aliphatic rings. The Labute approximate surface area is 176 Å². The topological polar surface area (TPSA) is 42.9 Å². The molecule has 0 radical (unpaired) electrons. The van der Waals surface area contributed by atoms with Crippen LogP contribution in [0.15, 0.2) is 35.3 Å². The van der Waals surface area contributed by atoms with Crippen LogP contribution < -0.4 is 15.5 Å².